The first-order valence-corrected chi connectivity index (χ1v) is 6.52. The summed E-state index contributed by atoms with van der Waals surface area (Å²) in [4.78, 5) is 0. The summed E-state index contributed by atoms with van der Waals surface area (Å²) in [6.07, 6.45) is 6.36. The van der Waals surface area contributed by atoms with Crippen LogP contribution in [-0.4, -0.2) is 15.8 Å². The largest absolute Gasteiger partial charge is 0.380 e. The lowest BCUT2D eigenvalue weighted by Crippen LogP contribution is -2.33. The number of nitrogens with zero attached hydrogens (tertiary/aromatic N) is 2. The minimum atomic E-state index is 0.598. The van der Waals surface area contributed by atoms with E-state index in [9.17, 15) is 0 Å². The third-order valence-electron chi connectivity index (χ3n) is 3.76. The van der Waals surface area contributed by atoms with Crippen molar-refractivity contribution in [1.29, 1.82) is 0 Å². The Morgan fingerprint density at radius 1 is 1.22 bits per heavy atom. The summed E-state index contributed by atoms with van der Waals surface area (Å²) in [5.74, 6) is 0.722. The summed E-state index contributed by atoms with van der Waals surface area (Å²) in [5.41, 5.74) is 3.94. The summed E-state index contributed by atoms with van der Waals surface area (Å²) in [6, 6.07) is 9.54. The second-order valence-electron chi connectivity index (χ2n) is 5.32. The SMILES string of the molecule is Cc1ccc(C2CC(Nc3cnn(C)c3)C2)cc1. The zero-order chi connectivity index (χ0) is 12.5. The molecule has 1 aromatic heterocycles. The first-order valence-electron chi connectivity index (χ1n) is 6.52. The number of rotatable bonds is 3. The normalized spacial score (nSPS) is 22.6. The van der Waals surface area contributed by atoms with E-state index in [0.717, 1.165) is 11.6 Å². The molecule has 3 rings (SSSR count). The first-order chi connectivity index (χ1) is 8.70. The quantitative estimate of drug-likeness (QED) is 0.895. The zero-order valence-electron chi connectivity index (χ0n) is 10.9. The highest BCUT2D eigenvalue weighted by Gasteiger charge is 2.30. The number of hydrogen-bond donors (Lipinski definition) is 1. The van der Waals surface area contributed by atoms with Crippen LogP contribution in [0.5, 0.6) is 0 Å². The lowest BCUT2D eigenvalue weighted by Gasteiger charge is -2.36. The molecule has 18 heavy (non-hydrogen) atoms. The van der Waals surface area contributed by atoms with Crippen LogP contribution in [0, 0.1) is 6.92 Å². The van der Waals surface area contributed by atoms with E-state index in [-0.39, 0.29) is 0 Å². The smallest absolute Gasteiger partial charge is 0.0728 e. The van der Waals surface area contributed by atoms with Crippen molar-refractivity contribution in [2.75, 3.05) is 5.32 Å². The molecule has 2 aromatic rings. The molecule has 1 heterocycles. The van der Waals surface area contributed by atoms with E-state index in [0.29, 0.717) is 6.04 Å². The van der Waals surface area contributed by atoms with Crippen molar-refractivity contribution in [3.05, 3.63) is 47.8 Å². The number of benzene rings is 1. The Hall–Kier alpha value is -1.77. The Bertz CT molecular complexity index is 521. The predicted octanol–water partition coefficient (Wildman–Crippen LogP) is 3.09. The minimum Gasteiger partial charge on any atom is -0.380 e. The van der Waals surface area contributed by atoms with Crippen molar-refractivity contribution in [1.82, 2.24) is 9.78 Å². The molecule has 94 valence electrons. The van der Waals surface area contributed by atoms with E-state index in [1.54, 1.807) is 0 Å². The topological polar surface area (TPSA) is 29.9 Å². The lowest BCUT2D eigenvalue weighted by molar-refractivity contribution is 0.374. The van der Waals surface area contributed by atoms with Crippen molar-refractivity contribution in [3.63, 3.8) is 0 Å². The van der Waals surface area contributed by atoms with Crippen LogP contribution >= 0.6 is 0 Å². The van der Waals surface area contributed by atoms with Gasteiger partial charge in [0.1, 0.15) is 0 Å². The fourth-order valence-electron chi connectivity index (χ4n) is 2.58. The molecular weight excluding hydrogens is 222 g/mol. The van der Waals surface area contributed by atoms with Gasteiger partial charge in [-0.1, -0.05) is 29.8 Å². The van der Waals surface area contributed by atoms with Crippen molar-refractivity contribution >= 4 is 5.69 Å². The Kier molecular flexibility index (Phi) is 2.82. The average molecular weight is 241 g/mol. The molecule has 1 fully saturated rings. The van der Waals surface area contributed by atoms with Gasteiger partial charge in [0.25, 0.3) is 0 Å². The zero-order valence-corrected chi connectivity index (χ0v) is 10.9. The molecule has 0 spiro atoms. The maximum absolute atomic E-state index is 4.17. The van der Waals surface area contributed by atoms with Gasteiger partial charge >= 0.3 is 0 Å². The molecule has 0 unspecified atom stereocenters. The van der Waals surface area contributed by atoms with Gasteiger partial charge in [-0.3, -0.25) is 4.68 Å². The molecule has 1 saturated carbocycles. The van der Waals surface area contributed by atoms with Crippen LogP contribution < -0.4 is 5.32 Å². The molecule has 1 aliphatic rings. The summed E-state index contributed by atoms with van der Waals surface area (Å²) < 4.78 is 1.83. The third-order valence-corrected chi connectivity index (χ3v) is 3.76. The van der Waals surface area contributed by atoms with Crippen LogP contribution in [0.2, 0.25) is 0 Å². The first kappa shape index (κ1) is 11.3. The highest BCUT2D eigenvalue weighted by molar-refractivity contribution is 5.41. The maximum atomic E-state index is 4.17. The predicted molar refractivity (Wildman–Crippen MR) is 73.8 cm³/mol. The van der Waals surface area contributed by atoms with Crippen LogP contribution in [0.25, 0.3) is 0 Å². The van der Waals surface area contributed by atoms with Gasteiger partial charge in [0.15, 0.2) is 0 Å². The standard InChI is InChI=1S/C15H19N3/c1-11-3-5-12(6-4-11)13-7-14(8-13)17-15-9-16-18(2)10-15/h3-6,9-10,13-14,17H,7-8H2,1-2H3. The van der Waals surface area contributed by atoms with Gasteiger partial charge < -0.3 is 5.32 Å². The van der Waals surface area contributed by atoms with E-state index < -0.39 is 0 Å². The highest BCUT2D eigenvalue weighted by Crippen LogP contribution is 2.38. The molecule has 0 atom stereocenters. The fraction of sp³-hybridized carbons (Fsp3) is 0.400. The van der Waals surface area contributed by atoms with Gasteiger partial charge in [-0.2, -0.15) is 5.10 Å². The van der Waals surface area contributed by atoms with Gasteiger partial charge in [-0.05, 0) is 31.2 Å². The second-order valence-corrected chi connectivity index (χ2v) is 5.32. The van der Waals surface area contributed by atoms with Crippen LogP contribution in [0.1, 0.15) is 29.9 Å². The molecule has 3 nitrogen and oxygen atoms in total. The average Bonchev–Trinajstić information content (AvgIpc) is 2.71. The van der Waals surface area contributed by atoms with Crippen molar-refractivity contribution < 1.29 is 0 Å². The minimum absolute atomic E-state index is 0.598. The Labute approximate surface area is 108 Å². The monoisotopic (exact) mass is 241 g/mol. The molecule has 1 aliphatic carbocycles. The van der Waals surface area contributed by atoms with Crippen molar-refractivity contribution in [2.24, 2.45) is 7.05 Å². The maximum Gasteiger partial charge on any atom is 0.0728 e. The summed E-state index contributed by atoms with van der Waals surface area (Å²) in [7, 11) is 1.95. The summed E-state index contributed by atoms with van der Waals surface area (Å²) in [6.45, 7) is 2.14. The summed E-state index contributed by atoms with van der Waals surface area (Å²) in [5, 5.41) is 7.70. The molecule has 0 saturated heterocycles. The van der Waals surface area contributed by atoms with Crippen LogP contribution in [0.4, 0.5) is 5.69 Å². The van der Waals surface area contributed by atoms with Gasteiger partial charge in [0.05, 0.1) is 11.9 Å². The number of aromatic nitrogens is 2. The Balaban J connectivity index is 1.55. The molecular formula is C15H19N3. The van der Waals surface area contributed by atoms with E-state index >= 15 is 0 Å². The van der Waals surface area contributed by atoms with Gasteiger partial charge in [-0.15, -0.1) is 0 Å². The van der Waals surface area contributed by atoms with E-state index in [4.69, 9.17) is 0 Å². The number of anilines is 1. The van der Waals surface area contributed by atoms with Crippen LogP contribution in [0.15, 0.2) is 36.7 Å². The molecule has 0 bridgehead atoms. The molecule has 0 amide bonds. The third kappa shape index (κ3) is 2.26. The second kappa shape index (κ2) is 4.48. The van der Waals surface area contributed by atoms with Crippen LogP contribution in [-0.2, 0) is 7.05 Å². The number of nitrogens with one attached hydrogen (secondary N) is 1. The highest BCUT2D eigenvalue weighted by atomic mass is 15.3. The lowest BCUT2D eigenvalue weighted by atomic mass is 9.75. The van der Waals surface area contributed by atoms with Gasteiger partial charge in [-0.25, -0.2) is 0 Å². The molecule has 0 aliphatic heterocycles. The van der Waals surface area contributed by atoms with E-state index in [2.05, 4.69) is 41.6 Å². The fourth-order valence-corrected chi connectivity index (χ4v) is 2.58. The van der Waals surface area contributed by atoms with Crippen LogP contribution in [0.3, 0.4) is 0 Å². The number of aryl methyl sites for hydroxylation is 2. The van der Waals surface area contributed by atoms with E-state index in [1.165, 1.54) is 24.0 Å². The number of hydrogen-bond acceptors (Lipinski definition) is 2. The summed E-state index contributed by atoms with van der Waals surface area (Å²) >= 11 is 0. The molecule has 3 heteroatoms. The molecule has 0 radical (unpaired) electrons. The molecule has 1 N–H and O–H groups in total. The van der Waals surface area contributed by atoms with Gasteiger partial charge in [0, 0.05) is 19.3 Å². The van der Waals surface area contributed by atoms with Crippen molar-refractivity contribution in [3.8, 4) is 0 Å². The molecule has 1 aromatic carbocycles. The van der Waals surface area contributed by atoms with E-state index in [1.807, 2.05) is 24.1 Å². The Morgan fingerprint density at radius 3 is 2.56 bits per heavy atom. The van der Waals surface area contributed by atoms with Gasteiger partial charge in [0.2, 0.25) is 0 Å². The Morgan fingerprint density at radius 2 is 1.94 bits per heavy atom. The van der Waals surface area contributed by atoms with Crippen molar-refractivity contribution in [2.45, 2.75) is 31.7 Å².